The summed E-state index contributed by atoms with van der Waals surface area (Å²) in [5.74, 6) is 3.54. The predicted octanol–water partition coefficient (Wildman–Crippen LogP) is 12.9. The van der Waals surface area contributed by atoms with Gasteiger partial charge in [-0.05, 0) is 124 Å². The molecule has 13 heteroatoms. The van der Waals surface area contributed by atoms with Crippen LogP contribution in [0.4, 0.5) is 13.2 Å². The van der Waals surface area contributed by atoms with E-state index in [-0.39, 0.29) is 5.56 Å². The number of rotatable bonds is 6. The van der Waals surface area contributed by atoms with Crippen LogP contribution in [0.2, 0.25) is 0 Å². The number of halogens is 3. The third-order valence-electron chi connectivity index (χ3n) is 12.3. The van der Waals surface area contributed by atoms with Crippen LogP contribution in [0.5, 0.6) is 0 Å². The first-order valence-corrected chi connectivity index (χ1v) is 21.6. The smallest absolute Gasteiger partial charge is 0.309 e. The quantitative estimate of drug-likeness (QED) is 0.161. The third-order valence-corrected chi connectivity index (χ3v) is 12.3. The lowest BCUT2D eigenvalue weighted by Crippen LogP contribution is -2.06. The minimum Gasteiger partial charge on any atom is -0.309 e. The second-order valence-electron chi connectivity index (χ2n) is 16.6. The Hall–Kier alpha value is -9.07. The van der Waals surface area contributed by atoms with Crippen molar-refractivity contribution >= 4 is 43.6 Å². The molecule has 0 saturated carbocycles. The van der Waals surface area contributed by atoms with E-state index in [9.17, 15) is 23.7 Å². The van der Waals surface area contributed by atoms with Crippen LogP contribution in [0.15, 0.2) is 140 Å². The molecule has 4 aromatic heterocycles. The molecule has 11 aromatic rings. The minimum atomic E-state index is -4.65. The number of aromatic nitrogens is 8. The standard InChI is InChI=1S/C55H35F3N10/c1-30-61-31(2)64-53(63-30)35-17-22-48-43(26-35)41-11-5-7-13-46(41)67(48)50-21-16-34(40-20-19-39(55(56,57)58)24-38(40)29-60)25-45(50)52-37(28-59)10-9-15-51(52)68-47-14-8-6-12-42(47)44-27-36(18-23-49(44)68)54-65-32(3)62-33(4)66-54/h5-27H,1-4H3. The number of hydrogen-bond donors (Lipinski definition) is 0. The first-order valence-electron chi connectivity index (χ1n) is 21.6. The van der Waals surface area contributed by atoms with Crippen LogP contribution in [-0.2, 0) is 6.18 Å². The molecule has 0 bridgehead atoms. The van der Waals surface area contributed by atoms with Gasteiger partial charge in [-0.2, -0.15) is 23.7 Å². The van der Waals surface area contributed by atoms with E-state index in [4.69, 9.17) is 0 Å². The van der Waals surface area contributed by atoms with Gasteiger partial charge >= 0.3 is 6.18 Å². The van der Waals surface area contributed by atoms with Crippen molar-refractivity contribution in [2.45, 2.75) is 33.9 Å². The summed E-state index contributed by atoms with van der Waals surface area (Å²) in [7, 11) is 0. The number of para-hydroxylation sites is 2. The zero-order valence-corrected chi connectivity index (χ0v) is 36.9. The van der Waals surface area contributed by atoms with Crippen molar-refractivity contribution in [1.29, 1.82) is 10.5 Å². The number of aryl methyl sites for hydroxylation is 4. The fourth-order valence-electron chi connectivity index (χ4n) is 9.50. The van der Waals surface area contributed by atoms with Crippen LogP contribution in [0, 0.1) is 50.4 Å². The minimum absolute atomic E-state index is 0.137. The molecule has 68 heavy (non-hydrogen) atoms. The number of fused-ring (bicyclic) bond motifs is 6. The highest BCUT2D eigenvalue weighted by atomic mass is 19.4. The molecule has 0 spiro atoms. The number of nitrogens with zero attached hydrogens (tertiary/aromatic N) is 10. The summed E-state index contributed by atoms with van der Waals surface area (Å²) in [6, 6.07) is 47.1. The average molecular weight is 893 g/mol. The largest absolute Gasteiger partial charge is 0.416 e. The van der Waals surface area contributed by atoms with Gasteiger partial charge in [0.25, 0.3) is 0 Å². The van der Waals surface area contributed by atoms with E-state index in [0.717, 1.165) is 66.9 Å². The Kier molecular flexibility index (Phi) is 9.69. The van der Waals surface area contributed by atoms with E-state index in [2.05, 4.69) is 69.4 Å². The number of hydrogen-bond acceptors (Lipinski definition) is 8. The summed E-state index contributed by atoms with van der Waals surface area (Å²) in [6.45, 7) is 7.34. The number of benzene rings is 7. The Bertz CT molecular complexity index is 3960. The molecular weight excluding hydrogens is 858 g/mol. The van der Waals surface area contributed by atoms with Crippen LogP contribution < -0.4 is 0 Å². The van der Waals surface area contributed by atoms with Crippen molar-refractivity contribution in [2.24, 2.45) is 0 Å². The lowest BCUT2D eigenvalue weighted by molar-refractivity contribution is -0.137. The Labute approximate surface area is 386 Å². The predicted molar refractivity (Wildman–Crippen MR) is 257 cm³/mol. The molecule has 0 aliphatic carbocycles. The molecule has 0 atom stereocenters. The molecule has 10 nitrogen and oxygen atoms in total. The summed E-state index contributed by atoms with van der Waals surface area (Å²) in [6.07, 6.45) is -4.65. The van der Waals surface area contributed by atoms with Gasteiger partial charge in [-0.3, -0.25) is 0 Å². The van der Waals surface area contributed by atoms with Crippen molar-refractivity contribution in [3.8, 4) is 68.5 Å². The van der Waals surface area contributed by atoms with Crippen LogP contribution >= 0.6 is 0 Å². The third kappa shape index (κ3) is 6.88. The molecule has 11 rings (SSSR count). The van der Waals surface area contributed by atoms with Gasteiger partial charge < -0.3 is 9.13 Å². The first-order chi connectivity index (χ1) is 32.9. The van der Waals surface area contributed by atoms with Gasteiger partial charge in [-0.15, -0.1) is 0 Å². The highest BCUT2D eigenvalue weighted by molar-refractivity contribution is 6.13. The molecule has 0 radical (unpaired) electrons. The summed E-state index contributed by atoms with van der Waals surface area (Å²) in [5, 5.41) is 25.2. The fraction of sp³-hybridized carbons (Fsp3) is 0.0909. The van der Waals surface area contributed by atoms with Crippen molar-refractivity contribution in [1.82, 2.24) is 39.0 Å². The Morgan fingerprint density at radius 2 is 0.926 bits per heavy atom. The van der Waals surface area contributed by atoms with E-state index in [1.807, 2.05) is 125 Å². The summed E-state index contributed by atoms with van der Waals surface area (Å²) >= 11 is 0. The van der Waals surface area contributed by atoms with E-state index in [1.165, 1.54) is 6.07 Å². The van der Waals surface area contributed by atoms with Crippen LogP contribution in [-0.4, -0.2) is 39.0 Å². The average Bonchev–Trinajstić information content (AvgIpc) is 3.84. The van der Waals surface area contributed by atoms with Gasteiger partial charge in [0.1, 0.15) is 23.3 Å². The van der Waals surface area contributed by atoms with Gasteiger partial charge in [0.05, 0.1) is 62.3 Å². The molecule has 0 amide bonds. The highest BCUT2D eigenvalue weighted by Gasteiger charge is 2.31. The summed E-state index contributed by atoms with van der Waals surface area (Å²) in [4.78, 5) is 27.3. The second-order valence-corrected chi connectivity index (χ2v) is 16.6. The normalized spacial score (nSPS) is 11.7. The zero-order valence-electron chi connectivity index (χ0n) is 36.9. The Balaban J connectivity index is 1.22. The highest BCUT2D eigenvalue weighted by Crippen LogP contribution is 2.45. The van der Waals surface area contributed by atoms with Crippen molar-refractivity contribution in [3.63, 3.8) is 0 Å². The molecule has 326 valence electrons. The fourth-order valence-corrected chi connectivity index (χ4v) is 9.50. The maximum atomic E-state index is 14.0. The maximum Gasteiger partial charge on any atom is 0.416 e. The van der Waals surface area contributed by atoms with E-state index in [0.29, 0.717) is 74.1 Å². The molecule has 7 aromatic carbocycles. The first kappa shape index (κ1) is 41.6. The van der Waals surface area contributed by atoms with Crippen LogP contribution in [0.25, 0.3) is 100 Å². The Morgan fingerprint density at radius 1 is 0.426 bits per heavy atom. The molecule has 0 saturated heterocycles. The molecule has 4 heterocycles. The van der Waals surface area contributed by atoms with Crippen LogP contribution in [0.1, 0.15) is 40.0 Å². The van der Waals surface area contributed by atoms with Gasteiger partial charge in [-0.25, -0.2) is 29.9 Å². The molecule has 0 aliphatic rings. The summed E-state index contributed by atoms with van der Waals surface area (Å²) < 4.78 is 46.3. The Morgan fingerprint density at radius 3 is 1.46 bits per heavy atom. The second kappa shape index (κ2) is 15.8. The van der Waals surface area contributed by atoms with Crippen molar-refractivity contribution < 1.29 is 13.2 Å². The van der Waals surface area contributed by atoms with Crippen molar-refractivity contribution in [2.75, 3.05) is 0 Å². The van der Waals surface area contributed by atoms with Gasteiger partial charge in [0.15, 0.2) is 11.6 Å². The lowest BCUT2D eigenvalue weighted by atomic mass is 9.91. The monoisotopic (exact) mass is 892 g/mol. The number of nitriles is 2. The molecule has 0 N–H and O–H groups in total. The van der Waals surface area contributed by atoms with Crippen molar-refractivity contribution in [3.05, 3.63) is 180 Å². The summed E-state index contributed by atoms with van der Waals surface area (Å²) in [5.41, 5.74) is 7.73. The topological polar surface area (TPSA) is 135 Å². The van der Waals surface area contributed by atoms with E-state index >= 15 is 0 Å². The van der Waals surface area contributed by atoms with Gasteiger partial charge in [0.2, 0.25) is 0 Å². The molecule has 0 fully saturated rings. The molecule has 0 unspecified atom stereocenters. The molecular formula is C55H35F3N10. The lowest BCUT2D eigenvalue weighted by Gasteiger charge is -2.21. The van der Waals surface area contributed by atoms with E-state index < -0.39 is 11.7 Å². The SMILES string of the molecule is Cc1nc(C)nc(-c2ccc3c(c2)c2ccccc2n3-c2ccc(-c3ccc(C(F)(F)F)cc3C#N)cc2-c2c(C#N)cccc2-n2c3ccccc3c3cc(-c4nc(C)nc(C)n4)ccc32)n1. The maximum absolute atomic E-state index is 14.0. The van der Waals surface area contributed by atoms with E-state index in [1.54, 1.807) is 6.07 Å². The van der Waals surface area contributed by atoms with Gasteiger partial charge in [0, 0.05) is 43.8 Å². The van der Waals surface area contributed by atoms with Crippen LogP contribution in [0.3, 0.4) is 0 Å². The molecule has 0 aliphatic heterocycles. The van der Waals surface area contributed by atoms with Gasteiger partial charge in [-0.1, -0.05) is 54.6 Å². The number of alkyl halides is 3. The zero-order chi connectivity index (χ0) is 47.0.